The Labute approximate surface area is 129 Å². The third-order valence-electron chi connectivity index (χ3n) is 3.88. The summed E-state index contributed by atoms with van der Waals surface area (Å²) in [5.41, 5.74) is 6.43. The van der Waals surface area contributed by atoms with Crippen LogP contribution in [0.15, 0.2) is 0 Å². The van der Waals surface area contributed by atoms with Crippen molar-refractivity contribution >= 4 is 28.0 Å². The monoisotopic (exact) mass is 307 g/mol. The summed E-state index contributed by atoms with van der Waals surface area (Å²) in [6.07, 6.45) is 3.66. The molecule has 3 N–H and O–H groups in total. The number of thiophene rings is 1. The summed E-state index contributed by atoms with van der Waals surface area (Å²) in [5.74, 6) is 0.920. The van der Waals surface area contributed by atoms with Gasteiger partial charge in [0, 0.05) is 6.54 Å². The molecule has 1 aromatic rings. The molecule has 2 unspecified atom stereocenters. The number of nitriles is 1. The number of esters is 1. The molecule has 21 heavy (non-hydrogen) atoms. The van der Waals surface area contributed by atoms with Crippen LogP contribution in [0, 0.1) is 23.2 Å². The average molecular weight is 307 g/mol. The van der Waals surface area contributed by atoms with Crippen LogP contribution in [0.25, 0.3) is 0 Å². The Morgan fingerprint density at radius 3 is 2.90 bits per heavy atom. The van der Waals surface area contributed by atoms with Gasteiger partial charge in [-0.25, -0.2) is 4.79 Å². The highest BCUT2D eigenvalue weighted by molar-refractivity contribution is 7.17. The van der Waals surface area contributed by atoms with E-state index in [1.54, 1.807) is 6.92 Å². The van der Waals surface area contributed by atoms with Crippen LogP contribution in [0.5, 0.6) is 0 Å². The van der Waals surface area contributed by atoms with Crippen LogP contribution in [0.1, 0.15) is 48.3 Å². The number of carbonyl (C=O) groups excluding carboxylic acids is 1. The van der Waals surface area contributed by atoms with Crippen molar-refractivity contribution in [1.82, 2.24) is 0 Å². The predicted molar refractivity (Wildman–Crippen MR) is 84.4 cm³/mol. The Morgan fingerprint density at radius 2 is 2.33 bits per heavy atom. The van der Waals surface area contributed by atoms with Crippen LogP contribution in [-0.2, 0) is 4.74 Å². The first-order chi connectivity index (χ1) is 10.1. The Morgan fingerprint density at radius 1 is 1.57 bits per heavy atom. The minimum absolute atomic E-state index is 0.225. The average Bonchev–Trinajstić information content (AvgIpc) is 3.00. The molecule has 0 aliphatic heterocycles. The summed E-state index contributed by atoms with van der Waals surface area (Å²) in [6, 6.07) is 2.03. The number of nitrogens with zero attached hydrogens (tertiary/aromatic N) is 1. The van der Waals surface area contributed by atoms with Crippen LogP contribution in [-0.4, -0.2) is 19.1 Å². The van der Waals surface area contributed by atoms with Gasteiger partial charge in [-0.3, -0.25) is 0 Å². The van der Waals surface area contributed by atoms with Crippen molar-refractivity contribution in [3.63, 3.8) is 0 Å². The Balaban J connectivity index is 2.14. The van der Waals surface area contributed by atoms with Crippen molar-refractivity contribution in [3.8, 4) is 6.07 Å². The number of ether oxygens (including phenoxy) is 1. The molecule has 5 nitrogen and oxygen atoms in total. The number of nitrogens with two attached hydrogens (primary N) is 1. The zero-order valence-electron chi connectivity index (χ0n) is 12.4. The highest BCUT2D eigenvalue weighted by Gasteiger charge is 2.25. The van der Waals surface area contributed by atoms with Crippen LogP contribution in [0.4, 0.5) is 10.7 Å². The maximum atomic E-state index is 12.0. The molecule has 0 saturated heterocycles. The number of rotatable bonds is 5. The van der Waals surface area contributed by atoms with Crippen molar-refractivity contribution < 1.29 is 9.53 Å². The molecule has 1 fully saturated rings. The Bertz CT molecular complexity index is 562. The zero-order valence-corrected chi connectivity index (χ0v) is 13.3. The summed E-state index contributed by atoms with van der Waals surface area (Å²) in [7, 11) is 0. The standard InChI is InChI=1S/C15H21N3O2S/c1-3-20-15(19)12-13(17)11(7-16)21-14(12)18-8-10-5-4-9(2)6-10/h9-10,18H,3-6,8,17H2,1-2H3. The Kier molecular flexibility index (Phi) is 5.07. The fourth-order valence-corrected chi connectivity index (χ4v) is 3.72. The first-order valence-corrected chi connectivity index (χ1v) is 8.11. The minimum Gasteiger partial charge on any atom is -0.462 e. The lowest BCUT2D eigenvalue weighted by molar-refractivity contribution is 0.0529. The molecule has 0 amide bonds. The molecule has 0 radical (unpaired) electrons. The number of hydrogen-bond donors (Lipinski definition) is 2. The first kappa shape index (κ1) is 15.6. The quantitative estimate of drug-likeness (QED) is 0.815. The van der Waals surface area contributed by atoms with E-state index in [0.29, 0.717) is 21.4 Å². The number of hydrogen-bond acceptors (Lipinski definition) is 6. The van der Waals surface area contributed by atoms with E-state index < -0.39 is 5.97 Å². The molecular formula is C15H21N3O2S. The van der Waals surface area contributed by atoms with E-state index in [-0.39, 0.29) is 12.3 Å². The summed E-state index contributed by atoms with van der Waals surface area (Å²) < 4.78 is 5.03. The minimum atomic E-state index is -0.463. The second-order valence-corrected chi connectivity index (χ2v) is 6.57. The van der Waals surface area contributed by atoms with E-state index in [4.69, 9.17) is 15.7 Å². The summed E-state index contributed by atoms with van der Waals surface area (Å²) in [5, 5.41) is 13.0. The summed E-state index contributed by atoms with van der Waals surface area (Å²) >= 11 is 1.23. The lowest BCUT2D eigenvalue weighted by Gasteiger charge is -2.12. The Hall–Kier alpha value is -1.74. The molecule has 1 aromatic heterocycles. The number of anilines is 2. The molecule has 2 rings (SSSR count). The van der Waals surface area contributed by atoms with Gasteiger partial charge in [-0.1, -0.05) is 13.3 Å². The van der Waals surface area contributed by atoms with Gasteiger partial charge in [0.2, 0.25) is 0 Å². The molecule has 114 valence electrons. The van der Waals surface area contributed by atoms with E-state index in [1.807, 2.05) is 6.07 Å². The van der Waals surface area contributed by atoms with E-state index in [2.05, 4.69) is 12.2 Å². The van der Waals surface area contributed by atoms with E-state index >= 15 is 0 Å². The van der Waals surface area contributed by atoms with Gasteiger partial charge in [-0.15, -0.1) is 11.3 Å². The zero-order chi connectivity index (χ0) is 15.4. The molecule has 6 heteroatoms. The predicted octanol–water partition coefficient (Wildman–Crippen LogP) is 3.23. The lowest BCUT2D eigenvalue weighted by atomic mass is 10.1. The molecule has 1 saturated carbocycles. The SMILES string of the molecule is CCOC(=O)c1c(NCC2CCC(C)C2)sc(C#N)c1N. The molecule has 1 aliphatic carbocycles. The topological polar surface area (TPSA) is 88.1 Å². The van der Waals surface area contributed by atoms with Gasteiger partial charge in [0.15, 0.2) is 0 Å². The number of carbonyl (C=O) groups is 1. The highest BCUT2D eigenvalue weighted by atomic mass is 32.1. The molecule has 1 aliphatic rings. The van der Waals surface area contributed by atoms with Crippen LogP contribution in [0.3, 0.4) is 0 Å². The third kappa shape index (κ3) is 3.48. The van der Waals surface area contributed by atoms with Crippen LogP contribution >= 0.6 is 11.3 Å². The van der Waals surface area contributed by atoms with Gasteiger partial charge in [0.05, 0.1) is 12.3 Å². The molecule has 0 bridgehead atoms. The summed E-state index contributed by atoms with van der Waals surface area (Å²) in [4.78, 5) is 12.4. The normalized spacial score (nSPS) is 21.0. The second-order valence-electron chi connectivity index (χ2n) is 5.55. The maximum Gasteiger partial charge on any atom is 0.343 e. The van der Waals surface area contributed by atoms with Crippen molar-refractivity contribution in [3.05, 3.63) is 10.4 Å². The fraction of sp³-hybridized carbons (Fsp3) is 0.600. The fourth-order valence-electron chi connectivity index (χ4n) is 2.80. The summed E-state index contributed by atoms with van der Waals surface area (Å²) in [6.45, 7) is 5.11. The highest BCUT2D eigenvalue weighted by Crippen LogP contribution is 2.37. The maximum absolute atomic E-state index is 12.0. The van der Waals surface area contributed by atoms with Crippen LogP contribution in [0.2, 0.25) is 0 Å². The number of nitrogens with one attached hydrogen (secondary N) is 1. The second kappa shape index (κ2) is 6.81. The van der Waals surface area contributed by atoms with Crippen molar-refractivity contribution in [2.24, 2.45) is 11.8 Å². The largest absolute Gasteiger partial charge is 0.462 e. The molecule has 0 spiro atoms. The van der Waals surface area contributed by atoms with E-state index in [9.17, 15) is 4.79 Å². The lowest BCUT2D eigenvalue weighted by Crippen LogP contribution is -2.14. The number of nitrogen functional groups attached to an aromatic ring is 1. The van der Waals surface area contributed by atoms with E-state index in [0.717, 1.165) is 12.5 Å². The first-order valence-electron chi connectivity index (χ1n) is 7.30. The smallest absolute Gasteiger partial charge is 0.343 e. The van der Waals surface area contributed by atoms with Gasteiger partial charge in [-0.2, -0.15) is 5.26 Å². The van der Waals surface area contributed by atoms with Crippen molar-refractivity contribution in [2.45, 2.75) is 33.1 Å². The molecule has 0 aromatic carbocycles. The van der Waals surface area contributed by atoms with Gasteiger partial charge in [-0.05, 0) is 31.6 Å². The van der Waals surface area contributed by atoms with Crippen molar-refractivity contribution in [2.75, 3.05) is 24.2 Å². The van der Waals surface area contributed by atoms with Gasteiger partial charge < -0.3 is 15.8 Å². The van der Waals surface area contributed by atoms with Gasteiger partial charge in [0.25, 0.3) is 0 Å². The van der Waals surface area contributed by atoms with E-state index in [1.165, 1.54) is 30.6 Å². The van der Waals surface area contributed by atoms with Gasteiger partial charge >= 0.3 is 5.97 Å². The molecule has 1 heterocycles. The third-order valence-corrected chi connectivity index (χ3v) is 4.95. The molecular weight excluding hydrogens is 286 g/mol. The van der Waals surface area contributed by atoms with Crippen molar-refractivity contribution in [1.29, 1.82) is 5.26 Å². The van der Waals surface area contributed by atoms with Gasteiger partial charge in [0.1, 0.15) is 21.5 Å². The molecule has 2 atom stereocenters. The van der Waals surface area contributed by atoms with Crippen LogP contribution < -0.4 is 11.1 Å².